The van der Waals surface area contributed by atoms with Crippen molar-refractivity contribution in [1.29, 1.82) is 0 Å². The van der Waals surface area contributed by atoms with Crippen molar-refractivity contribution in [2.24, 2.45) is 0 Å². The average Bonchev–Trinajstić information content (AvgIpc) is 3.14. The summed E-state index contributed by atoms with van der Waals surface area (Å²) in [5, 5.41) is 5.40. The monoisotopic (exact) mass is 408 g/mol. The Morgan fingerprint density at radius 2 is 1.89 bits per heavy atom. The Bertz CT molecular complexity index is 937. The van der Waals surface area contributed by atoms with Gasteiger partial charge in [0.15, 0.2) is 0 Å². The molecule has 1 aliphatic carbocycles. The van der Waals surface area contributed by atoms with Crippen LogP contribution in [0.15, 0.2) is 18.2 Å². The number of carbonyl (C=O) groups excluding carboxylic acids is 3. The molecule has 1 aromatic rings. The SMILES string of the molecule is Cc1ccc(NC(=O)C(C)N2C(=O)NC3(CCCC3)C2=O)cc1NS(C)(=O)=O. The normalized spacial score (nSPS) is 19.6. The van der Waals surface area contributed by atoms with Crippen molar-refractivity contribution < 1.29 is 22.8 Å². The van der Waals surface area contributed by atoms with Gasteiger partial charge in [0.2, 0.25) is 15.9 Å². The van der Waals surface area contributed by atoms with Crippen molar-refractivity contribution in [2.75, 3.05) is 16.3 Å². The molecule has 1 aliphatic heterocycles. The molecular weight excluding hydrogens is 384 g/mol. The van der Waals surface area contributed by atoms with Gasteiger partial charge in [0.1, 0.15) is 11.6 Å². The molecule has 0 aromatic heterocycles. The van der Waals surface area contributed by atoms with Crippen LogP contribution in [0, 0.1) is 6.92 Å². The van der Waals surface area contributed by atoms with Gasteiger partial charge in [-0.2, -0.15) is 0 Å². The number of sulfonamides is 1. The summed E-state index contributed by atoms with van der Waals surface area (Å²) in [5.74, 6) is -0.895. The maximum Gasteiger partial charge on any atom is 0.325 e. The predicted molar refractivity (Wildman–Crippen MR) is 104 cm³/mol. The molecule has 2 aliphatic rings. The van der Waals surface area contributed by atoms with E-state index in [0.29, 0.717) is 29.8 Å². The zero-order chi connectivity index (χ0) is 20.7. The Kier molecular flexibility index (Phi) is 5.09. The molecule has 3 N–H and O–H groups in total. The van der Waals surface area contributed by atoms with E-state index in [1.54, 1.807) is 19.1 Å². The fourth-order valence-corrected chi connectivity index (χ4v) is 4.30. The van der Waals surface area contributed by atoms with Crippen molar-refractivity contribution in [2.45, 2.75) is 51.1 Å². The number of carbonyl (C=O) groups is 3. The molecule has 3 rings (SSSR count). The van der Waals surface area contributed by atoms with Crippen molar-refractivity contribution in [3.05, 3.63) is 23.8 Å². The minimum atomic E-state index is -3.47. The highest BCUT2D eigenvalue weighted by atomic mass is 32.2. The molecule has 1 saturated carbocycles. The van der Waals surface area contributed by atoms with Crippen LogP contribution in [0.1, 0.15) is 38.2 Å². The molecule has 2 fully saturated rings. The molecule has 1 unspecified atom stereocenters. The lowest BCUT2D eigenvalue weighted by Gasteiger charge is -2.23. The van der Waals surface area contributed by atoms with Crippen molar-refractivity contribution in [3.8, 4) is 0 Å². The zero-order valence-electron chi connectivity index (χ0n) is 16.0. The van der Waals surface area contributed by atoms with Gasteiger partial charge in [-0.25, -0.2) is 18.1 Å². The van der Waals surface area contributed by atoms with E-state index in [0.717, 1.165) is 24.0 Å². The molecule has 4 amide bonds. The second kappa shape index (κ2) is 7.08. The van der Waals surface area contributed by atoms with Gasteiger partial charge in [0.25, 0.3) is 5.91 Å². The number of aryl methyl sites for hydroxylation is 1. The van der Waals surface area contributed by atoms with E-state index in [4.69, 9.17) is 0 Å². The van der Waals surface area contributed by atoms with Crippen LogP contribution in [0.5, 0.6) is 0 Å². The Labute approximate surface area is 163 Å². The second-order valence-corrected chi connectivity index (χ2v) is 9.21. The Morgan fingerprint density at radius 3 is 2.50 bits per heavy atom. The Morgan fingerprint density at radius 1 is 1.25 bits per heavy atom. The van der Waals surface area contributed by atoms with E-state index in [-0.39, 0.29) is 5.91 Å². The van der Waals surface area contributed by atoms with Gasteiger partial charge in [-0.1, -0.05) is 18.9 Å². The van der Waals surface area contributed by atoms with Crippen LogP contribution >= 0.6 is 0 Å². The van der Waals surface area contributed by atoms with Gasteiger partial charge in [0.05, 0.1) is 11.9 Å². The van der Waals surface area contributed by atoms with Gasteiger partial charge in [-0.05, 0) is 44.4 Å². The summed E-state index contributed by atoms with van der Waals surface area (Å²) in [6, 6.07) is 3.22. The molecule has 9 nitrogen and oxygen atoms in total. The lowest BCUT2D eigenvalue weighted by molar-refractivity contribution is -0.136. The molecule has 28 heavy (non-hydrogen) atoms. The van der Waals surface area contributed by atoms with Gasteiger partial charge in [-0.15, -0.1) is 0 Å². The molecule has 1 aromatic carbocycles. The van der Waals surface area contributed by atoms with E-state index in [2.05, 4.69) is 15.4 Å². The summed E-state index contributed by atoms with van der Waals surface area (Å²) < 4.78 is 25.3. The van der Waals surface area contributed by atoms with Crippen LogP contribution in [0.25, 0.3) is 0 Å². The lowest BCUT2D eigenvalue weighted by Crippen LogP contribution is -2.48. The maximum absolute atomic E-state index is 12.8. The predicted octanol–water partition coefficient (Wildman–Crippen LogP) is 1.56. The molecule has 1 saturated heterocycles. The highest BCUT2D eigenvalue weighted by Crippen LogP contribution is 2.35. The minimum absolute atomic E-state index is 0.341. The summed E-state index contributed by atoms with van der Waals surface area (Å²) in [4.78, 5) is 38.7. The summed E-state index contributed by atoms with van der Waals surface area (Å²) in [5.41, 5.74) is 0.514. The molecule has 152 valence electrons. The highest BCUT2D eigenvalue weighted by molar-refractivity contribution is 7.92. The van der Waals surface area contributed by atoms with Crippen molar-refractivity contribution in [3.63, 3.8) is 0 Å². The zero-order valence-corrected chi connectivity index (χ0v) is 16.9. The van der Waals surface area contributed by atoms with E-state index in [9.17, 15) is 22.8 Å². The molecule has 0 bridgehead atoms. The first-order valence-electron chi connectivity index (χ1n) is 9.07. The average molecular weight is 408 g/mol. The third-order valence-corrected chi connectivity index (χ3v) is 5.81. The number of hydrogen-bond acceptors (Lipinski definition) is 5. The first kappa shape index (κ1) is 20.1. The first-order chi connectivity index (χ1) is 13.0. The van der Waals surface area contributed by atoms with E-state index >= 15 is 0 Å². The summed E-state index contributed by atoms with van der Waals surface area (Å²) in [6.45, 7) is 3.22. The number of hydrogen-bond donors (Lipinski definition) is 3. The first-order valence-corrected chi connectivity index (χ1v) is 11.0. The van der Waals surface area contributed by atoms with Crippen LogP contribution in [0.4, 0.5) is 16.2 Å². The summed E-state index contributed by atoms with van der Waals surface area (Å²) >= 11 is 0. The number of anilines is 2. The molecule has 10 heteroatoms. The van der Waals surface area contributed by atoms with Crippen LogP contribution in [-0.2, 0) is 19.6 Å². The fourth-order valence-electron chi connectivity index (χ4n) is 3.68. The molecule has 1 heterocycles. The third kappa shape index (κ3) is 3.82. The van der Waals surface area contributed by atoms with Crippen LogP contribution < -0.4 is 15.4 Å². The Hall–Kier alpha value is -2.62. The minimum Gasteiger partial charge on any atom is -0.324 e. The number of urea groups is 1. The van der Waals surface area contributed by atoms with Crippen LogP contribution in [0.3, 0.4) is 0 Å². The molecular formula is C18H24N4O5S. The molecule has 0 radical (unpaired) electrons. The maximum atomic E-state index is 12.8. The quantitative estimate of drug-likeness (QED) is 0.638. The van der Waals surface area contributed by atoms with Crippen LogP contribution in [0.2, 0.25) is 0 Å². The van der Waals surface area contributed by atoms with Gasteiger partial charge in [0, 0.05) is 5.69 Å². The van der Waals surface area contributed by atoms with E-state index in [1.807, 2.05) is 0 Å². The summed E-state index contributed by atoms with van der Waals surface area (Å²) in [7, 11) is -3.47. The topological polar surface area (TPSA) is 125 Å². The van der Waals surface area contributed by atoms with Crippen molar-refractivity contribution >= 4 is 39.2 Å². The van der Waals surface area contributed by atoms with Gasteiger partial charge >= 0.3 is 6.03 Å². The number of nitrogens with zero attached hydrogens (tertiary/aromatic N) is 1. The Balaban J connectivity index is 1.75. The number of rotatable bonds is 5. The van der Waals surface area contributed by atoms with E-state index in [1.165, 1.54) is 13.0 Å². The fraction of sp³-hybridized carbons (Fsp3) is 0.500. The standard InChI is InChI=1S/C18H24N4O5S/c1-11-6-7-13(10-14(11)21-28(3,26)27)19-15(23)12(2)22-16(24)18(20-17(22)25)8-4-5-9-18/h6-7,10,12,21H,4-5,8-9H2,1-3H3,(H,19,23)(H,20,25). The molecule has 1 atom stereocenters. The number of nitrogens with one attached hydrogen (secondary N) is 3. The number of imide groups is 1. The second-order valence-electron chi connectivity index (χ2n) is 7.46. The highest BCUT2D eigenvalue weighted by Gasteiger charge is 2.54. The van der Waals surface area contributed by atoms with E-state index < -0.39 is 33.5 Å². The smallest absolute Gasteiger partial charge is 0.324 e. The summed E-state index contributed by atoms with van der Waals surface area (Å²) in [6.07, 6.45) is 3.93. The van der Waals surface area contributed by atoms with Crippen molar-refractivity contribution in [1.82, 2.24) is 10.2 Å². The van der Waals surface area contributed by atoms with Gasteiger partial charge < -0.3 is 10.6 Å². The largest absolute Gasteiger partial charge is 0.325 e. The van der Waals surface area contributed by atoms with Crippen LogP contribution in [-0.4, -0.2) is 49.0 Å². The number of benzene rings is 1. The third-order valence-electron chi connectivity index (χ3n) is 5.22. The molecule has 1 spiro atoms. The lowest BCUT2D eigenvalue weighted by atomic mass is 9.97. The van der Waals surface area contributed by atoms with Gasteiger partial charge in [-0.3, -0.25) is 14.3 Å². The number of amides is 4.